The molecule has 2 aliphatic rings. The fraction of sp³-hybridized carbons (Fsp3) is 1.00. The second-order valence-corrected chi connectivity index (χ2v) is 3.35. The molecule has 0 spiro atoms. The Kier molecular flexibility index (Phi) is 2.11. The Morgan fingerprint density at radius 1 is 1.27 bits per heavy atom. The Labute approximate surface area is 66.3 Å². The van der Waals surface area contributed by atoms with Gasteiger partial charge in [0.15, 0.2) is 0 Å². The molecule has 3 heteroatoms. The molecule has 1 aliphatic heterocycles. The number of hydrogen-bond donors (Lipinski definition) is 1. The molecule has 11 heavy (non-hydrogen) atoms. The maximum absolute atomic E-state index is 8.81. The van der Waals surface area contributed by atoms with E-state index in [4.69, 9.17) is 14.6 Å². The molecule has 2 rings (SSSR count). The maximum atomic E-state index is 8.81. The summed E-state index contributed by atoms with van der Waals surface area (Å²) in [6.07, 6.45) is 2.73. The molecule has 3 nitrogen and oxygen atoms in total. The summed E-state index contributed by atoms with van der Waals surface area (Å²) in [7, 11) is 0. The van der Waals surface area contributed by atoms with E-state index in [9.17, 15) is 0 Å². The number of rotatable bonds is 2. The third-order valence-electron chi connectivity index (χ3n) is 2.30. The van der Waals surface area contributed by atoms with Crippen LogP contribution in [0.2, 0.25) is 0 Å². The van der Waals surface area contributed by atoms with Crippen LogP contribution in [0.1, 0.15) is 12.8 Å². The Bertz CT molecular complexity index is 133. The van der Waals surface area contributed by atoms with Crippen molar-refractivity contribution in [1.82, 2.24) is 0 Å². The molecule has 1 aliphatic carbocycles. The lowest BCUT2D eigenvalue weighted by Crippen LogP contribution is -2.39. The van der Waals surface area contributed by atoms with Gasteiger partial charge in [-0.25, -0.2) is 0 Å². The molecule has 2 atom stereocenters. The second kappa shape index (κ2) is 3.09. The smallest absolute Gasteiger partial charge is 0.104 e. The molecule has 64 valence electrons. The lowest BCUT2D eigenvalue weighted by Gasteiger charge is -2.28. The first kappa shape index (κ1) is 7.53. The van der Waals surface area contributed by atoms with E-state index < -0.39 is 0 Å². The van der Waals surface area contributed by atoms with E-state index in [2.05, 4.69) is 0 Å². The Morgan fingerprint density at radius 3 is 2.73 bits per heavy atom. The molecule has 1 heterocycles. The van der Waals surface area contributed by atoms with Crippen molar-refractivity contribution >= 4 is 0 Å². The molecule has 0 bridgehead atoms. The standard InChI is InChI=1S/C8H14O3/c9-3-7-4-10-5-8(11-7)6-1-2-6/h6-9H,1-5H2/t7-,8+/m0/s1. The molecule has 0 unspecified atom stereocenters. The quantitative estimate of drug-likeness (QED) is 0.622. The molecular weight excluding hydrogens is 144 g/mol. The van der Waals surface area contributed by atoms with E-state index >= 15 is 0 Å². The van der Waals surface area contributed by atoms with Crippen LogP contribution in [0, 0.1) is 5.92 Å². The molecule has 1 saturated heterocycles. The van der Waals surface area contributed by atoms with Gasteiger partial charge >= 0.3 is 0 Å². The summed E-state index contributed by atoms with van der Waals surface area (Å²) in [6.45, 7) is 1.37. The third-order valence-corrected chi connectivity index (χ3v) is 2.30. The predicted molar refractivity (Wildman–Crippen MR) is 39.3 cm³/mol. The van der Waals surface area contributed by atoms with Gasteiger partial charge in [-0.2, -0.15) is 0 Å². The fourth-order valence-electron chi connectivity index (χ4n) is 1.45. The normalized spacial score (nSPS) is 39.0. The van der Waals surface area contributed by atoms with Crippen LogP contribution in [-0.2, 0) is 9.47 Å². The van der Waals surface area contributed by atoms with Gasteiger partial charge in [0, 0.05) is 0 Å². The highest BCUT2D eigenvalue weighted by Gasteiger charge is 2.35. The highest BCUT2D eigenvalue weighted by atomic mass is 16.6. The fourth-order valence-corrected chi connectivity index (χ4v) is 1.45. The van der Waals surface area contributed by atoms with Crippen LogP contribution >= 0.6 is 0 Å². The van der Waals surface area contributed by atoms with E-state index in [1.807, 2.05) is 0 Å². The van der Waals surface area contributed by atoms with E-state index in [1.165, 1.54) is 12.8 Å². The molecule has 1 saturated carbocycles. The lowest BCUT2D eigenvalue weighted by atomic mass is 10.2. The van der Waals surface area contributed by atoms with Crippen LogP contribution in [0.25, 0.3) is 0 Å². The van der Waals surface area contributed by atoms with Gasteiger partial charge in [-0.1, -0.05) is 0 Å². The first-order chi connectivity index (χ1) is 5.40. The van der Waals surface area contributed by atoms with Gasteiger partial charge < -0.3 is 14.6 Å². The SMILES string of the molecule is OC[C@H]1COC[C@H](C2CC2)O1. The van der Waals surface area contributed by atoms with E-state index in [-0.39, 0.29) is 18.8 Å². The van der Waals surface area contributed by atoms with E-state index in [0.717, 1.165) is 6.61 Å². The van der Waals surface area contributed by atoms with Crippen molar-refractivity contribution in [2.24, 2.45) is 5.92 Å². The van der Waals surface area contributed by atoms with Crippen LogP contribution in [-0.4, -0.2) is 37.1 Å². The second-order valence-electron chi connectivity index (χ2n) is 3.35. The minimum atomic E-state index is -0.0747. The number of aliphatic hydroxyl groups excluding tert-OH is 1. The molecule has 0 amide bonds. The van der Waals surface area contributed by atoms with Crippen LogP contribution in [0.3, 0.4) is 0 Å². The Balaban J connectivity index is 1.82. The number of hydrogen-bond acceptors (Lipinski definition) is 3. The summed E-state index contributed by atoms with van der Waals surface area (Å²) in [4.78, 5) is 0. The van der Waals surface area contributed by atoms with Gasteiger partial charge in [-0.05, 0) is 18.8 Å². The van der Waals surface area contributed by atoms with Crippen molar-refractivity contribution in [3.8, 4) is 0 Å². The van der Waals surface area contributed by atoms with Crippen LogP contribution in [0.4, 0.5) is 0 Å². The predicted octanol–water partition coefficient (Wildman–Crippen LogP) is 0.173. The first-order valence-electron chi connectivity index (χ1n) is 4.24. The lowest BCUT2D eigenvalue weighted by molar-refractivity contribution is -0.156. The van der Waals surface area contributed by atoms with Crippen LogP contribution in [0.15, 0.2) is 0 Å². The number of ether oxygens (including phenoxy) is 2. The average molecular weight is 158 g/mol. The van der Waals surface area contributed by atoms with Gasteiger partial charge in [0.25, 0.3) is 0 Å². The van der Waals surface area contributed by atoms with Gasteiger partial charge in [0.2, 0.25) is 0 Å². The zero-order chi connectivity index (χ0) is 7.68. The zero-order valence-corrected chi connectivity index (χ0v) is 6.53. The summed E-state index contributed by atoms with van der Waals surface area (Å²) in [5.41, 5.74) is 0. The van der Waals surface area contributed by atoms with Crippen molar-refractivity contribution in [1.29, 1.82) is 0 Å². The monoisotopic (exact) mass is 158 g/mol. The third kappa shape index (κ3) is 1.72. The van der Waals surface area contributed by atoms with Crippen LogP contribution in [0.5, 0.6) is 0 Å². The molecule has 2 fully saturated rings. The zero-order valence-electron chi connectivity index (χ0n) is 6.53. The highest BCUT2D eigenvalue weighted by molar-refractivity contribution is 4.84. The first-order valence-corrected chi connectivity index (χ1v) is 4.24. The van der Waals surface area contributed by atoms with Gasteiger partial charge in [0.05, 0.1) is 25.9 Å². The Hall–Kier alpha value is -0.120. The molecule has 0 aromatic carbocycles. The van der Waals surface area contributed by atoms with Crippen molar-refractivity contribution in [2.75, 3.05) is 19.8 Å². The topological polar surface area (TPSA) is 38.7 Å². The minimum Gasteiger partial charge on any atom is -0.394 e. The van der Waals surface area contributed by atoms with Gasteiger partial charge in [-0.15, -0.1) is 0 Å². The summed E-state index contributed by atoms with van der Waals surface area (Å²) in [5, 5.41) is 8.81. The van der Waals surface area contributed by atoms with Gasteiger partial charge in [0.1, 0.15) is 6.10 Å². The number of aliphatic hydroxyl groups is 1. The molecule has 0 aromatic rings. The molecule has 0 aromatic heterocycles. The van der Waals surface area contributed by atoms with Crippen molar-refractivity contribution in [3.05, 3.63) is 0 Å². The molecule has 1 N–H and O–H groups in total. The minimum absolute atomic E-state index is 0.0747. The van der Waals surface area contributed by atoms with Crippen LogP contribution < -0.4 is 0 Å². The maximum Gasteiger partial charge on any atom is 0.104 e. The van der Waals surface area contributed by atoms with Crippen molar-refractivity contribution in [2.45, 2.75) is 25.0 Å². The summed E-state index contributed by atoms with van der Waals surface area (Å²) in [5.74, 6) is 0.712. The molecular formula is C8H14O3. The largest absolute Gasteiger partial charge is 0.394 e. The summed E-state index contributed by atoms with van der Waals surface area (Å²) < 4.78 is 10.9. The summed E-state index contributed by atoms with van der Waals surface area (Å²) >= 11 is 0. The highest BCUT2D eigenvalue weighted by Crippen LogP contribution is 2.36. The summed E-state index contributed by atoms with van der Waals surface area (Å²) in [6, 6.07) is 0. The van der Waals surface area contributed by atoms with E-state index in [0.29, 0.717) is 12.5 Å². The van der Waals surface area contributed by atoms with E-state index in [1.54, 1.807) is 0 Å². The van der Waals surface area contributed by atoms with Crippen molar-refractivity contribution < 1.29 is 14.6 Å². The molecule has 0 radical (unpaired) electrons. The van der Waals surface area contributed by atoms with Crippen molar-refractivity contribution in [3.63, 3.8) is 0 Å². The average Bonchev–Trinajstić information content (AvgIpc) is 2.87. The Morgan fingerprint density at radius 2 is 2.09 bits per heavy atom. The van der Waals surface area contributed by atoms with Gasteiger partial charge in [-0.3, -0.25) is 0 Å².